The van der Waals surface area contributed by atoms with Gasteiger partial charge in [-0.25, -0.2) is 4.52 Å². The van der Waals surface area contributed by atoms with Crippen molar-refractivity contribution in [3.05, 3.63) is 64.3 Å². The number of fused-ring (bicyclic) bond motifs is 1. The molecule has 20 heavy (non-hydrogen) atoms. The monoisotopic (exact) mass is 287 g/mol. The van der Waals surface area contributed by atoms with Gasteiger partial charge in [-0.3, -0.25) is 9.36 Å². The number of hydrogen-bond acceptors (Lipinski definition) is 2. The van der Waals surface area contributed by atoms with E-state index in [1.54, 1.807) is 15.3 Å². The number of rotatable bonds is 2. The number of benzene rings is 1. The summed E-state index contributed by atoms with van der Waals surface area (Å²) < 4.78 is 3.19. The summed E-state index contributed by atoms with van der Waals surface area (Å²) in [5.74, 6) is 0.533. The van der Waals surface area contributed by atoms with E-state index >= 15 is 0 Å². The van der Waals surface area contributed by atoms with Crippen LogP contribution in [0, 0.1) is 6.92 Å². The summed E-state index contributed by atoms with van der Waals surface area (Å²) in [6.45, 7) is 3.71. The number of aromatic nitrogens is 3. The molecule has 0 aliphatic heterocycles. The third kappa shape index (κ3) is 1.93. The van der Waals surface area contributed by atoms with Crippen molar-refractivity contribution in [2.75, 3.05) is 0 Å². The van der Waals surface area contributed by atoms with Gasteiger partial charge in [0.2, 0.25) is 0 Å². The van der Waals surface area contributed by atoms with E-state index < -0.39 is 0 Å². The van der Waals surface area contributed by atoms with Crippen molar-refractivity contribution >= 4 is 17.1 Å². The largest absolute Gasteiger partial charge is 0.282 e. The Bertz CT molecular complexity index is 818. The van der Waals surface area contributed by atoms with E-state index in [4.69, 9.17) is 11.6 Å². The molecule has 0 N–H and O–H groups in total. The van der Waals surface area contributed by atoms with Crippen LogP contribution in [0.5, 0.6) is 0 Å². The fraction of sp³-hybridized carbons (Fsp3) is 0.200. The third-order valence-corrected chi connectivity index (χ3v) is 3.48. The average Bonchev–Trinajstić information content (AvgIpc) is 2.81. The van der Waals surface area contributed by atoms with Crippen LogP contribution < -0.4 is 5.56 Å². The highest BCUT2D eigenvalue weighted by Crippen LogP contribution is 2.20. The zero-order valence-electron chi connectivity index (χ0n) is 11.2. The second-order valence-electron chi connectivity index (χ2n) is 4.74. The highest BCUT2D eigenvalue weighted by atomic mass is 35.5. The lowest BCUT2D eigenvalue weighted by molar-refractivity contribution is 0.726. The maximum atomic E-state index is 12.8. The van der Waals surface area contributed by atoms with Gasteiger partial charge in [-0.1, -0.05) is 18.2 Å². The van der Waals surface area contributed by atoms with Gasteiger partial charge in [-0.2, -0.15) is 5.10 Å². The second kappa shape index (κ2) is 4.80. The standard InChI is InChI=1S/C15H14ClN3O/c1-10-8-9-18-13(10)15(20)19(14(17-18)11(2)16)12-6-4-3-5-7-12/h3-9,11H,1-2H3. The predicted octanol–water partition coefficient (Wildman–Crippen LogP) is 3.09. The Hall–Kier alpha value is -2.07. The Labute approximate surface area is 121 Å². The molecule has 0 aliphatic carbocycles. The normalized spacial score (nSPS) is 12.8. The number of aryl methyl sites for hydroxylation is 1. The van der Waals surface area contributed by atoms with Gasteiger partial charge >= 0.3 is 0 Å². The highest BCUT2D eigenvalue weighted by Gasteiger charge is 2.17. The summed E-state index contributed by atoms with van der Waals surface area (Å²) in [5.41, 5.74) is 2.16. The van der Waals surface area contributed by atoms with Crippen LogP contribution in [0.4, 0.5) is 0 Å². The minimum absolute atomic E-state index is 0.101. The van der Waals surface area contributed by atoms with Crippen LogP contribution in [0.3, 0.4) is 0 Å². The minimum atomic E-state index is -0.366. The average molecular weight is 288 g/mol. The van der Waals surface area contributed by atoms with Gasteiger partial charge in [0.25, 0.3) is 5.56 Å². The Morgan fingerprint density at radius 3 is 2.55 bits per heavy atom. The SMILES string of the molecule is Cc1ccn2nc(C(C)Cl)n(-c3ccccc3)c(=O)c12. The van der Waals surface area contributed by atoms with Crippen LogP contribution in [0.2, 0.25) is 0 Å². The van der Waals surface area contributed by atoms with E-state index in [0.717, 1.165) is 11.3 Å². The van der Waals surface area contributed by atoms with Gasteiger partial charge in [0.15, 0.2) is 5.82 Å². The van der Waals surface area contributed by atoms with Crippen LogP contribution in [0.1, 0.15) is 23.7 Å². The predicted molar refractivity (Wildman–Crippen MR) is 79.8 cm³/mol. The number of hydrogen-bond donors (Lipinski definition) is 0. The molecule has 102 valence electrons. The summed E-state index contributed by atoms with van der Waals surface area (Å²) in [6, 6.07) is 11.3. The van der Waals surface area contributed by atoms with E-state index in [1.807, 2.05) is 50.2 Å². The molecule has 5 heteroatoms. The molecule has 4 nitrogen and oxygen atoms in total. The molecule has 0 aliphatic rings. The molecular weight excluding hydrogens is 274 g/mol. The van der Waals surface area contributed by atoms with Gasteiger partial charge in [0, 0.05) is 6.20 Å². The molecular formula is C15H14ClN3O. The maximum Gasteiger partial charge on any atom is 0.282 e. The van der Waals surface area contributed by atoms with Crippen molar-refractivity contribution in [3.63, 3.8) is 0 Å². The Balaban J connectivity index is 2.45. The molecule has 3 rings (SSSR count). The molecule has 0 saturated carbocycles. The van der Waals surface area contributed by atoms with E-state index in [0.29, 0.717) is 11.3 Å². The molecule has 1 atom stereocenters. The molecule has 0 amide bonds. The lowest BCUT2D eigenvalue weighted by Crippen LogP contribution is -2.26. The van der Waals surface area contributed by atoms with E-state index in [2.05, 4.69) is 5.10 Å². The van der Waals surface area contributed by atoms with Gasteiger partial charge in [-0.05, 0) is 37.6 Å². The molecule has 3 aromatic rings. The Morgan fingerprint density at radius 2 is 1.90 bits per heavy atom. The number of alkyl halides is 1. The van der Waals surface area contributed by atoms with Crippen LogP contribution in [-0.4, -0.2) is 14.2 Å². The first kappa shape index (κ1) is 12.9. The van der Waals surface area contributed by atoms with Gasteiger partial charge < -0.3 is 0 Å². The lowest BCUT2D eigenvalue weighted by atomic mass is 10.3. The lowest BCUT2D eigenvalue weighted by Gasteiger charge is -2.14. The topological polar surface area (TPSA) is 39.3 Å². The highest BCUT2D eigenvalue weighted by molar-refractivity contribution is 6.20. The fourth-order valence-electron chi connectivity index (χ4n) is 2.32. The molecule has 0 spiro atoms. The van der Waals surface area contributed by atoms with Crippen molar-refractivity contribution < 1.29 is 0 Å². The Morgan fingerprint density at radius 1 is 1.20 bits per heavy atom. The molecule has 0 bridgehead atoms. The van der Waals surface area contributed by atoms with Crippen molar-refractivity contribution in [1.82, 2.24) is 14.2 Å². The first-order chi connectivity index (χ1) is 9.59. The zero-order valence-corrected chi connectivity index (χ0v) is 12.0. The smallest absolute Gasteiger partial charge is 0.266 e. The van der Waals surface area contributed by atoms with Gasteiger partial charge in [-0.15, -0.1) is 11.6 Å². The molecule has 0 saturated heterocycles. The second-order valence-corrected chi connectivity index (χ2v) is 5.40. The van der Waals surface area contributed by atoms with Crippen LogP contribution in [-0.2, 0) is 0 Å². The van der Waals surface area contributed by atoms with Crippen LogP contribution in [0.15, 0.2) is 47.4 Å². The quantitative estimate of drug-likeness (QED) is 0.680. The first-order valence-corrected chi connectivity index (χ1v) is 6.83. The fourth-order valence-corrected chi connectivity index (χ4v) is 2.46. The number of para-hydroxylation sites is 1. The molecule has 0 radical (unpaired) electrons. The molecule has 0 fully saturated rings. The van der Waals surface area contributed by atoms with E-state index in [-0.39, 0.29) is 10.9 Å². The van der Waals surface area contributed by atoms with Crippen LogP contribution >= 0.6 is 11.6 Å². The zero-order chi connectivity index (χ0) is 14.3. The third-order valence-electron chi connectivity index (χ3n) is 3.28. The van der Waals surface area contributed by atoms with Crippen molar-refractivity contribution in [3.8, 4) is 5.69 Å². The van der Waals surface area contributed by atoms with Crippen LogP contribution in [0.25, 0.3) is 11.2 Å². The van der Waals surface area contributed by atoms with Gasteiger partial charge in [0.05, 0.1) is 11.1 Å². The first-order valence-electron chi connectivity index (χ1n) is 6.40. The summed E-state index contributed by atoms with van der Waals surface area (Å²) in [7, 11) is 0. The van der Waals surface area contributed by atoms with Gasteiger partial charge in [0.1, 0.15) is 5.52 Å². The summed E-state index contributed by atoms with van der Waals surface area (Å²) in [4.78, 5) is 12.8. The summed E-state index contributed by atoms with van der Waals surface area (Å²) in [6.07, 6.45) is 1.78. The molecule has 1 aromatic carbocycles. The molecule has 1 unspecified atom stereocenters. The van der Waals surface area contributed by atoms with E-state index in [9.17, 15) is 4.79 Å². The Kier molecular flexibility index (Phi) is 3.10. The van der Waals surface area contributed by atoms with Crippen molar-refractivity contribution in [2.45, 2.75) is 19.2 Å². The summed E-state index contributed by atoms with van der Waals surface area (Å²) >= 11 is 6.20. The minimum Gasteiger partial charge on any atom is -0.266 e. The van der Waals surface area contributed by atoms with Crippen molar-refractivity contribution in [1.29, 1.82) is 0 Å². The van der Waals surface area contributed by atoms with E-state index in [1.165, 1.54) is 0 Å². The molecule has 2 aromatic heterocycles. The number of nitrogens with zero attached hydrogens (tertiary/aromatic N) is 3. The van der Waals surface area contributed by atoms with Crippen molar-refractivity contribution in [2.24, 2.45) is 0 Å². The maximum absolute atomic E-state index is 12.8. The number of halogens is 1. The summed E-state index contributed by atoms with van der Waals surface area (Å²) in [5, 5.41) is 4.11. The molecule has 2 heterocycles.